The van der Waals surface area contributed by atoms with Crippen LogP contribution in [0.25, 0.3) is 0 Å². The van der Waals surface area contributed by atoms with Crippen LogP contribution in [-0.2, 0) is 4.79 Å². The molecule has 3 fully saturated rings. The highest BCUT2D eigenvalue weighted by Gasteiger charge is 2.46. The van der Waals surface area contributed by atoms with E-state index in [1.807, 2.05) is 0 Å². The first-order valence-corrected chi connectivity index (χ1v) is 5.90. The molecule has 3 aliphatic carbocycles. The largest absolute Gasteiger partial charge is 0.299 e. The van der Waals surface area contributed by atoms with Gasteiger partial charge in [-0.1, -0.05) is 12.8 Å². The molecule has 0 N–H and O–H groups in total. The van der Waals surface area contributed by atoms with E-state index in [0.717, 1.165) is 11.8 Å². The summed E-state index contributed by atoms with van der Waals surface area (Å²) in [6.07, 6.45) is 9.24. The first-order chi connectivity index (χ1) is 6.36. The number of Topliss-reactive ketones (excluding diaryl/α,β-unsaturated/α-hetero) is 1. The second-order valence-electron chi connectivity index (χ2n) is 5.23. The van der Waals surface area contributed by atoms with E-state index < -0.39 is 0 Å². The quantitative estimate of drug-likeness (QED) is 0.557. The molecular formula is C12H18O. The molecule has 1 heteroatoms. The molecule has 0 radical (unpaired) electrons. The maximum absolute atomic E-state index is 12.0. The van der Waals surface area contributed by atoms with Crippen molar-refractivity contribution in [3.8, 4) is 0 Å². The molecule has 4 atom stereocenters. The second-order valence-corrected chi connectivity index (χ2v) is 5.23. The van der Waals surface area contributed by atoms with Gasteiger partial charge in [0.2, 0.25) is 0 Å². The molecule has 0 saturated heterocycles. The zero-order chi connectivity index (χ0) is 8.84. The summed E-state index contributed by atoms with van der Waals surface area (Å²) in [5.74, 6) is 3.24. The number of ketones is 1. The minimum Gasteiger partial charge on any atom is -0.299 e. The molecule has 0 amide bonds. The summed E-state index contributed by atoms with van der Waals surface area (Å²) in [6, 6.07) is 0. The van der Waals surface area contributed by atoms with Crippen LogP contribution in [0.3, 0.4) is 0 Å². The van der Waals surface area contributed by atoms with Gasteiger partial charge in [0.05, 0.1) is 0 Å². The Hall–Kier alpha value is -0.330. The highest BCUT2D eigenvalue weighted by molar-refractivity contribution is 5.85. The fraction of sp³-hybridized carbons (Fsp3) is 0.917. The third-order valence-electron chi connectivity index (χ3n) is 4.65. The van der Waals surface area contributed by atoms with Crippen LogP contribution in [-0.4, -0.2) is 5.78 Å². The molecule has 0 aliphatic heterocycles. The molecule has 4 bridgehead atoms. The van der Waals surface area contributed by atoms with E-state index in [9.17, 15) is 4.79 Å². The van der Waals surface area contributed by atoms with Gasteiger partial charge < -0.3 is 0 Å². The summed E-state index contributed by atoms with van der Waals surface area (Å²) in [6.45, 7) is 0. The maximum Gasteiger partial charge on any atom is 0.139 e. The van der Waals surface area contributed by atoms with Crippen LogP contribution in [0.1, 0.15) is 44.9 Å². The van der Waals surface area contributed by atoms with Crippen LogP contribution >= 0.6 is 0 Å². The fourth-order valence-electron chi connectivity index (χ4n) is 4.05. The van der Waals surface area contributed by atoms with Crippen molar-refractivity contribution in [1.82, 2.24) is 0 Å². The second kappa shape index (κ2) is 2.83. The summed E-state index contributed by atoms with van der Waals surface area (Å²) in [5.41, 5.74) is 0. The van der Waals surface area contributed by atoms with Gasteiger partial charge in [-0.05, 0) is 43.9 Å². The van der Waals surface area contributed by atoms with Crippen molar-refractivity contribution < 1.29 is 4.79 Å². The van der Waals surface area contributed by atoms with Crippen molar-refractivity contribution in [2.45, 2.75) is 44.9 Å². The van der Waals surface area contributed by atoms with Crippen LogP contribution in [0.15, 0.2) is 0 Å². The third-order valence-corrected chi connectivity index (χ3v) is 4.65. The molecule has 0 heterocycles. The van der Waals surface area contributed by atoms with E-state index >= 15 is 0 Å². The predicted molar refractivity (Wildman–Crippen MR) is 51.3 cm³/mol. The molecule has 0 spiro atoms. The molecule has 4 unspecified atom stereocenters. The summed E-state index contributed by atoms with van der Waals surface area (Å²) < 4.78 is 0. The van der Waals surface area contributed by atoms with E-state index in [2.05, 4.69) is 0 Å². The van der Waals surface area contributed by atoms with Crippen molar-refractivity contribution in [2.24, 2.45) is 23.7 Å². The van der Waals surface area contributed by atoms with Crippen molar-refractivity contribution in [2.75, 3.05) is 0 Å². The summed E-state index contributed by atoms with van der Waals surface area (Å²) >= 11 is 0. The monoisotopic (exact) mass is 178 g/mol. The zero-order valence-electron chi connectivity index (χ0n) is 8.17. The molecule has 13 heavy (non-hydrogen) atoms. The predicted octanol–water partition coefficient (Wildman–Crippen LogP) is 2.79. The molecule has 0 aromatic carbocycles. The average Bonchev–Trinajstić information content (AvgIpc) is 2.16. The van der Waals surface area contributed by atoms with E-state index in [4.69, 9.17) is 0 Å². The lowest BCUT2D eigenvalue weighted by Gasteiger charge is -2.47. The molecule has 3 aliphatic rings. The Morgan fingerprint density at radius 2 is 1.38 bits per heavy atom. The van der Waals surface area contributed by atoms with Crippen LogP contribution < -0.4 is 0 Å². The van der Waals surface area contributed by atoms with E-state index in [1.54, 1.807) is 0 Å². The number of hydrogen-bond acceptors (Lipinski definition) is 1. The Labute approximate surface area is 79.9 Å². The minimum absolute atomic E-state index is 0.496. The Kier molecular flexibility index (Phi) is 1.75. The number of carbonyl (C=O) groups excluding carboxylic acids is 1. The van der Waals surface area contributed by atoms with E-state index in [0.29, 0.717) is 17.6 Å². The molecule has 72 valence electrons. The van der Waals surface area contributed by atoms with Gasteiger partial charge in [0.25, 0.3) is 0 Å². The third kappa shape index (κ3) is 1.09. The minimum atomic E-state index is 0.496. The number of fused-ring (bicyclic) bond motifs is 6. The molecule has 1 nitrogen and oxygen atoms in total. The van der Waals surface area contributed by atoms with Gasteiger partial charge >= 0.3 is 0 Å². The maximum atomic E-state index is 12.0. The van der Waals surface area contributed by atoms with Gasteiger partial charge in [-0.25, -0.2) is 0 Å². The van der Waals surface area contributed by atoms with Crippen LogP contribution in [0.5, 0.6) is 0 Å². The lowest BCUT2D eigenvalue weighted by Crippen LogP contribution is -2.45. The smallest absolute Gasteiger partial charge is 0.139 e. The SMILES string of the molecule is O=C1C2CCCC1C1CCCC2C1. The molecule has 0 aromatic heterocycles. The summed E-state index contributed by atoms with van der Waals surface area (Å²) in [5, 5.41) is 0. The first-order valence-electron chi connectivity index (χ1n) is 5.90. The Morgan fingerprint density at radius 3 is 2.00 bits per heavy atom. The highest BCUT2D eigenvalue weighted by atomic mass is 16.1. The Balaban J connectivity index is 1.92. The van der Waals surface area contributed by atoms with Gasteiger partial charge in [-0.3, -0.25) is 4.79 Å². The van der Waals surface area contributed by atoms with E-state index in [1.165, 1.54) is 44.9 Å². The van der Waals surface area contributed by atoms with Gasteiger partial charge in [0, 0.05) is 11.8 Å². The zero-order valence-corrected chi connectivity index (χ0v) is 8.17. The molecule has 3 saturated carbocycles. The van der Waals surface area contributed by atoms with Crippen molar-refractivity contribution in [1.29, 1.82) is 0 Å². The topological polar surface area (TPSA) is 17.1 Å². The van der Waals surface area contributed by atoms with Gasteiger partial charge in [-0.15, -0.1) is 0 Å². The number of hydrogen-bond donors (Lipinski definition) is 0. The number of carbonyl (C=O) groups is 1. The highest BCUT2D eigenvalue weighted by Crippen LogP contribution is 2.50. The Morgan fingerprint density at radius 1 is 0.846 bits per heavy atom. The van der Waals surface area contributed by atoms with Crippen LogP contribution in [0.2, 0.25) is 0 Å². The fourth-order valence-corrected chi connectivity index (χ4v) is 4.05. The molecular weight excluding hydrogens is 160 g/mol. The lowest BCUT2D eigenvalue weighted by molar-refractivity contribution is -0.140. The lowest BCUT2D eigenvalue weighted by atomic mass is 9.57. The van der Waals surface area contributed by atoms with Crippen molar-refractivity contribution >= 4 is 5.78 Å². The van der Waals surface area contributed by atoms with Crippen molar-refractivity contribution in [3.63, 3.8) is 0 Å². The standard InChI is InChI=1S/C12H18O/c13-12-10-5-2-6-11(12)9-4-1-3-8(10)7-9/h8-11H,1-7H2. The average molecular weight is 178 g/mol. The summed E-state index contributed by atoms with van der Waals surface area (Å²) in [4.78, 5) is 12.0. The van der Waals surface area contributed by atoms with Gasteiger partial charge in [0.15, 0.2) is 0 Å². The van der Waals surface area contributed by atoms with Gasteiger partial charge in [0.1, 0.15) is 5.78 Å². The van der Waals surface area contributed by atoms with E-state index in [-0.39, 0.29) is 0 Å². The van der Waals surface area contributed by atoms with Gasteiger partial charge in [-0.2, -0.15) is 0 Å². The summed E-state index contributed by atoms with van der Waals surface area (Å²) in [7, 11) is 0. The normalized spacial score (nSPS) is 49.1. The van der Waals surface area contributed by atoms with Crippen LogP contribution in [0, 0.1) is 23.7 Å². The van der Waals surface area contributed by atoms with Crippen molar-refractivity contribution in [3.05, 3.63) is 0 Å². The molecule has 3 rings (SSSR count). The number of rotatable bonds is 0. The molecule has 0 aromatic rings. The Bertz CT molecular complexity index is 213. The first kappa shape index (κ1) is 8.02. The van der Waals surface area contributed by atoms with Crippen LogP contribution in [0.4, 0.5) is 0 Å².